The number of halogens is 3. The predicted molar refractivity (Wildman–Crippen MR) is 90.1 cm³/mol. The van der Waals surface area contributed by atoms with Gasteiger partial charge in [-0.1, -0.05) is 24.3 Å². The van der Waals surface area contributed by atoms with Gasteiger partial charge in [0.05, 0.1) is 5.56 Å². The van der Waals surface area contributed by atoms with Gasteiger partial charge in [-0.25, -0.2) is 4.79 Å². The maximum Gasteiger partial charge on any atom is 0.416 e. The topological polar surface area (TPSA) is 75.4 Å². The lowest BCUT2D eigenvalue weighted by Gasteiger charge is -2.18. The minimum absolute atomic E-state index is 0.182. The summed E-state index contributed by atoms with van der Waals surface area (Å²) in [6.07, 6.45) is -4.38. The van der Waals surface area contributed by atoms with Gasteiger partial charge in [-0.05, 0) is 35.4 Å². The molecule has 2 aromatic rings. The van der Waals surface area contributed by atoms with E-state index in [0.717, 1.165) is 17.7 Å². The molecule has 0 fully saturated rings. The number of benzene rings is 2. The van der Waals surface area contributed by atoms with E-state index in [1.165, 1.54) is 17.0 Å². The number of primary amides is 1. The highest BCUT2D eigenvalue weighted by molar-refractivity contribution is 5.94. The summed E-state index contributed by atoms with van der Waals surface area (Å²) in [6, 6.07) is 10.7. The summed E-state index contributed by atoms with van der Waals surface area (Å²) in [4.78, 5) is 24.5. The molecule has 0 aromatic heterocycles. The summed E-state index contributed by atoms with van der Waals surface area (Å²) in [7, 11) is 1.57. The Hall–Kier alpha value is -3.03. The number of hydrogen-bond donors (Lipinski definition) is 2. The number of carbonyl (C=O) groups excluding carboxylic acids is 2. The van der Waals surface area contributed by atoms with Gasteiger partial charge >= 0.3 is 12.2 Å². The average molecular weight is 365 g/mol. The van der Waals surface area contributed by atoms with E-state index in [9.17, 15) is 22.8 Å². The van der Waals surface area contributed by atoms with Crippen LogP contribution in [-0.2, 0) is 19.3 Å². The number of nitrogens with two attached hydrogens (primary N) is 1. The monoisotopic (exact) mass is 365 g/mol. The van der Waals surface area contributed by atoms with E-state index in [-0.39, 0.29) is 19.0 Å². The zero-order valence-corrected chi connectivity index (χ0v) is 14.0. The number of urea groups is 1. The number of nitrogens with zero attached hydrogens (tertiary/aromatic N) is 1. The number of rotatable bonds is 5. The van der Waals surface area contributed by atoms with Crippen LogP contribution in [0.25, 0.3) is 0 Å². The lowest BCUT2D eigenvalue weighted by molar-refractivity contribution is -0.137. The first-order valence-electron chi connectivity index (χ1n) is 7.70. The molecule has 0 heterocycles. The van der Waals surface area contributed by atoms with Crippen molar-refractivity contribution >= 4 is 11.9 Å². The molecule has 0 aliphatic rings. The smallest absolute Gasteiger partial charge is 0.352 e. The highest BCUT2D eigenvalue weighted by Crippen LogP contribution is 2.29. The van der Waals surface area contributed by atoms with E-state index in [2.05, 4.69) is 5.32 Å². The fourth-order valence-corrected chi connectivity index (χ4v) is 2.32. The van der Waals surface area contributed by atoms with Crippen molar-refractivity contribution in [2.24, 2.45) is 5.73 Å². The standard InChI is InChI=1S/C18H18F3N3O2/c1-24(11-13-4-8-15(9-5-13)18(19,20)21)16(25)14-6-2-12(3-7-14)10-23-17(22)26/h2-9H,10-11H2,1H3,(H3,22,23,26). The molecule has 2 rings (SSSR count). The molecule has 138 valence electrons. The minimum atomic E-state index is -4.38. The Morgan fingerprint density at radius 1 is 1.00 bits per heavy atom. The number of carbonyl (C=O) groups is 2. The van der Waals surface area contributed by atoms with Crippen LogP contribution in [0.15, 0.2) is 48.5 Å². The molecule has 0 aliphatic carbocycles. The Balaban J connectivity index is 1.99. The van der Waals surface area contributed by atoms with E-state index in [0.29, 0.717) is 11.1 Å². The summed E-state index contributed by atoms with van der Waals surface area (Å²) in [6.45, 7) is 0.438. The summed E-state index contributed by atoms with van der Waals surface area (Å²) >= 11 is 0. The molecule has 2 aromatic carbocycles. The largest absolute Gasteiger partial charge is 0.416 e. The van der Waals surface area contributed by atoms with Crippen LogP contribution in [-0.4, -0.2) is 23.9 Å². The number of nitrogens with one attached hydrogen (secondary N) is 1. The minimum Gasteiger partial charge on any atom is -0.352 e. The van der Waals surface area contributed by atoms with Gasteiger partial charge in [0.2, 0.25) is 0 Å². The highest BCUT2D eigenvalue weighted by atomic mass is 19.4. The SMILES string of the molecule is CN(Cc1ccc(C(F)(F)F)cc1)C(=O)c1ccc(CNC(N)=O)cc1. The lowest BCUT2D eigenvalue weighted by Crippen LogP contribution is -2.28. The molecule has 0 unspecified atom stereocenters. The van der Waals surface area contributed by atoms with E-state index in [1.807, 2.05) is 0 Å². The van der Waals surface area contributed by atoms with Gasteiger partial charge in [-0.3, -0.25) is 4.79 Å². The van der Waals surface area contributed by atoms with Gasteiger partial charge in [0, 0.05) is 25.7 Å². The lowest BCUT2D eigenvalue weighted by atomic mass is 10.1. The molecule has 0 spiro atoms. The predicted octanol–water partition coefficient (Wildman–Crippen LogP) is 3.15. The van der Waals surface area contributed by atoms with E-state index in [1.54, 1.807) is 31.3 Å². The Morgan fingerprint density at radius 2 is 1.54 bits per heavy atom. The van der Waals surface area contributed by atoms with E-state index in [4.69, 9.17) is 5.73 Å². The molecule has 26 heavy (non-hydrogen) atoms. The van der Waals surface area contributed by atoms with Crippen LogP contribution in [0.2, 0.25) is 0 Å². The second-order valence-corrected chi connectivity index (χ2v) is 5.77. The first-order valence-corrected chi connectivity index (χ1v) is 7.70. The number of hydrogen-bond acceptors (Lipinski definition) is 2. The first-order chi connectivity index (χ1) is 12.2. The Kier molecular flexibility index (Phi) is 5.86. The molecular weight excluding hydrogens is 347 g/mol. The molecule has 3 N–H and O–H groups in total. The van der Waals surface area contributed by atoms with Gasteiger partial charge in [-0.15, -0.1) is 0 Å². The molecule has 0 bridgehead atoms. The molecule has 0 aliphatic heterocycles. The third kappa shape index (κ3) is 5.23. The van der Waals surface area contributed by atoms with E-state index < -0.39 is 17.8 Å². The summed E-state index contributed by atoms with van der Waals surface area (Å²) in [5.74, 6) is -0.265. The van der Waals surface area contributed by atoms with Crippen molar-refractivity contribution in [3.8, 4) is 0 Å². The Labute approximate surface area is 148 Å². The fourth-order valence-electron chi connectivity index (χ4n) is 2.32. The highest BCUT2D eigenvalue weighted by Gasteiger charge is 2.30. The zero-order valence-electron chi connectivity index (χ0n) is 14.0. The average Bonchev–Trinajstić information content (AvgIpc) is 2.59. The molecular formula is C18H18F3N3O2. The van der Waals surface area contributed by atoms with E-state index >= 15 is 0 Å². The molecule has 0 saturated carbocycles. The van der Waals surface area contributed by atoms with Gasteiger partial charge in [0.25, 0.3) is 5.91 Å². The van der Waals surface area contributed by atoms with Crippen molar-refractivity contribution in [3.05, 3.63) is 70.8 Å². The molecule has 5 nitrogen and oxygen atoms in total. The number of amides is 3. The summed E-state index contributed by atoms with van der Waals surface area (Å²) < 4.78 is 37.7. The molecule has 0 saturated heterocycles. The van der Waals surface area contributed by atoms with Crippen molar-refractivity contribution in [2.75, 3.05) is 7.05 Å². The van der Waals surface area contributed by atoms with Crippen molar-refractivity contribution < 1.29 is 22.8 Å². The van der Waals surface area contributed by atoms with Crippen molar-refractivity contribution in [2.45, 2.75) is 19.3 Å². The van der Waals surface area contributed by atoms with Crippen molar-refractivity contribution in [1.29, 1.82) is 0 Å². The fraction of sp³-hybridized carbons (Fsp3) is 0.222. The van der Waals surface area contributed by atoms with Gasteiger partial charge in [0.15, 0.2) is 0 Å². The summed E-state index contributed by atoms with van der Waals surface area (Å²) in [5.41, 5.74) is 6.07. The second-order valence-electron chi connectivity index (χ2n) is 5.77. The zero-order chi connectivity index (χ0) is 19.3. The van der Waals surface area contributed by atoms with Crippen LogP contribution in [0, 0.1) is 0 Å². The third-order valence-electron chi connectivity index (χ3n) is 3.72. The first kappa shape index (κ1) is 19.3. The second kappa shape index (κ2) is 7.90. The van der Waals surface area contributed by atoms with Crippen molar-refractivity contribution in [3.63, 3.8) is 0 Å². The molecule has 0 atom stereocenters. The third-order valence-corrected chi connectivity index (χ3v) is 3.72. The molecule has 8 heteroatoms. The van der Waals surface area contributed by atoms with Crippen LogP contribution in [0.3, 0.4) is 0 Å². The normalized spacial score (nSPS) is 11.1. The quantitative estimate of drug-likeness (QED) is 0.854. The van der Waals surface area contributed by atoms with Gasteiger partial charge in [0.1, 0.15) is 0 Å². The van der Waals surface area contributed by atoms with Crippen LogP contribution < -0.4 is 11.1 Å². The maximum atomic E-state index is 12.6. The van der Waals surface area contributed by atoms with Crippen LogP contribution in [0.1, 0.15) is 27.0 Å². The number of alkyl halides is 3. The van der Waals surface area contributed by atoms with Crippen LogP contribution in [0.5, 0.6) is 0 Å². The Bertz CT molecular complexity index is 772. The van der Waals surface area contributed by atoms with Crippen LogP contribution in [0.4, 0.5) is 18.0 Å². The molecule has 3 amide bonds. The summed E-state index contributed by atoms with van der Waals surface area (Å²) in [5, 5.41) is 2.44. The maximum absolute atomic E-state index is 12.6. The molecule has 0 radical (unpaired) electrons. The van der Waals surface area contributed by atoms with Gasteiger partial charge in [-0.2, -0.15) is 13.2 Å². The Morgan fingerprint density at radius 3 is 2.04 bits per heavy atom. The van der Waals surface area contributed by atoms with Crippen LogP contribution >= 0.6 is 0 Å². The van der Waals surface area contributed by atoms with Gasteiger partial charge < -0.3 is 16.0 Å². The van der Waals surface area contributed by atoms with Crippen molar-refractivity contribution in [1.82, 2.24) is 10.2 Å².